The van der Waals surface area contributed by atoms with Gasteiger partial charge in [-0.2, -0.15) is 13.2 Å². The molecule has 1 heterocycles. The number of hydrogen-bond acceptors (Lipinski definition) is 2. The van der Waals surface area contributed by atoms with Gasteiger partial charge in [0.2, 0.25) is 0 Å². The van der Waals surface area contributed by atoms with Crippen molar-refractivity contribution in [2.75, 3.05) is 18.0 Å². The highest BCUT2D eigenvalue weighted by Gasteiger charge is 2.34. The number of halogens is 4. The predicted molar refractivity (Wildman–Crippen MR) is 73.2 cm³/mol. The van der Waals surface area contributed by atoms with E-state index in [2.05, 4.69) is 0 Å². The zero-order valence-corrected chi connectivity index (χ0v) is 12.1. The molecule has 0 aliphatic carbocycles. The average molecular weight is 308 g/mol. The summed E-state index contributed by atoms with van der Waals surface area (Å²) in [6, 6.07) is 4.33. The fourth-order valence-corrected chi connectivity index (χ4v) is 2.76. The molecule has 1 fully saturated rings. The van der Waals surface area contributed by atoms with E-state index in [4.69, 9.17) is 16.3 Å². The molecule has 2 rings (SSSR count). The molecule has 2 unspecified atom stereocenters. The van der Waals surface area contributed by atoms with Crippen LogP contribution in [0.3, 0.4) is 0 Å². The lowest BCUT2D eigenvalue weighted by atomic mass is 10.1. The minimum Gasteiger partial charge on any atom is -0.372 e. The number of nitrogens with zero attached hydrogens (tertiary/aromatic N) is 1. The summed E-state index contributed by atoms with van der Waals surface area (Å²) in [4.78, 5) is 1.92. The molecule has 20 heavy (non-hydrogen) atoms. The molecule has 0 saturated carbocycles. The minimum absolute atomic E-state index is 0.000732. The summed E-state index contributed by atoms with van der Waals surface area (Å²) < 4.78 is 44.7. The van der Waals surface area contributed by atoms with E-state index >= 15 is 0 Å². The molecule has 1 aliphatic rings. The van der Waals surface area contributed by atoms with E-state index in [1.54, 1.807) is 6.07 Å². The Hall–Kier alpha value is -0.940. The Bertz CT molecular complexity index is 468. The number of benzene rings is 1. The van der Waals surface area contributed by atoms with Crippen LogP contribution in [0, 0.1) is 0 Å². The van der Waals surface area contributed by atoms with Crippen molar-refractivity contribution in [1.82, 2.24) is 0 Å². The summed E-state index contributed by atoms with van der Waals surface area (Å²) in [5.41, 5.74) is 0.0160. The molecule has 1 saturated heterocycles. The number of anilines is 1. The molecule has 0 spiro atoms. The molecule has 0 aromatic heterocycles. The van der Waals surface area contributed by atoms with Gasteiger partial charge in [0.25, 0.3) is 0 Å². The monoisotopic (exact) mass is 307 g/mol. The van der Waals surface area contributed by atoms with E-state index in [0.29, 0.717) is 18.8 Å². The highest BCUT2D eigenvalue weighted by atomic mass is 35.5. The van der Waals surface area contributed by atoms with Gasteiger partial charge in [-0.25, -0.2) is 0 Å². The lowest BCUT2D eigenvalue weighted by Gasteiger charge is -2.37. The van der Waals surface area contributed by atoms with Crippen molar-refractivity contribution in [2.24, 2.45) is 0 Å². The first-order valence-electron chi connectivity index (χ1n) is 6.47. The van der Waals surface area contributed by atoms with Crippen LogP contribution in [0.25, 0.3) is 0 Å². The maximum atomic E-state index is 13.0. The second kappa shape index (κ2) is 5.82. The lowest BCUT2D eigenvalue weighted by Crippen LogP contribution is -2.45. The van der Waals surface area contributed by atoms with Gasteiger partial charge < -0.3 is 9.64 Å². The molecule has 6 heteroatoms. The molecule has 1 aromatic carbocycles. The van der Waals surface area contributed by atoms with Crippen LogP contribution in [0.4, 0.5) is 18.9 Å². The van der Waals surface area contributed by atoms with Gasteiger partial charge >= 0.3 is 6.18 Å². The second-order valence-electron chi connectivity index (χ2n) is 5.14. The van der Waals surface area contributed by atoms with Gasteiger partial charge in [-0.1, -0.05) is 6.07 Å². The van der Waals surface area contributed by atoms with Crippen molar-refractivity contribution < 1.29 is 17.9 Å². The van der Waals surface area contributed by atoms with E-state index < -0.39 is 11.7 Å². The van der Waals surface area contributed by atoms with Crippen molar-refractivity contribution >= 4 is 17.3 Å². The number of morpholine rings is 1. The first-order valence-corrected chi connectivity index (χ1v) is 7.01. The van der Waals surface area contributed by atoms with E-state index in [0.717, 1.165) is 0 Å². The van der Waals surface area contributed by atoms with Gasteiger partial charge in [0.1, 0.15) is 0 Å². The first-order chi connectivity index (χ1) is 9.31. The SMILES string of the molecule is CC1CN(c2ccc(CCl)c(C(F)(F)F)c2)CC(C)O1. The smallest absolute Gasteiger partial charge is 0.372 e. The first kappa shape index (κ1) is 15.4. The van der Waals surface area contributed by atoms with E-state index in [1.807, 2.05) is 18.7 Å². The van der Waals surface area contributed by atoms with Gasteiger partial charge in [-0.3, -0.25) is 0 Å². The zero-order chi connectivity index (χ0) is 14.9. The van der Waals surface area contributed by atoms with E-state index in [9.17, 15) is 13.2 Å². The van der Waals surface area contributed by atoms with Crippen LogP contribution in [0.1, 0.15) is 25.0 Å². The van der Waals surface area contributed by atoms with Crippen LogP contribution < -0.4 is 4.90 Å². The predicted octanol–water partition coefficient (Wildman–Crippen LogP) is 4.06. The van der Waals surface area contributed by atoms with Crippen LogP contribution in [0.2, 0.25) is 0 Å². The second-order valence-corrected chi connectivity index (χ2v) is 5.40. The van der Waals surface area contributed by atoms with Crippen LogP contribution in [-0.4, -0.2) is 25.3 Å². The molecule has 112 valence electrons. The molecule has 1 aromatic rings. The van der Waals surface area contributed by atoms with Crippen molar-refractivity contribution in [3.05, 3.63) is 29.3 Å². The Balaban J connectivity index is 2.33. The van der Waals surface area contributed by atoms with Crippen molar-refractivity contribution in [2.45, 2.75) is 38.1 Å². The van der Waals surface area contributed by atoms with Crippen molar-refractivity contribution in [3.8, 4) is 0 Å². The maximum Gasteiger partial charge on any atom is 0.416 e. The Kier molecular flexibility index (Phi) is 4.49. The number of rotatable bonds is 2. The quantitative estimate of drug-likeness (QED) is 0.764. The Labute approximate surface area is 121 Å². The Morgan fingerprint density at radius 1 is 1.25 bits per heavy atom. The fraction of sp³-hybridized carbons (Fsp3) is 0.571. The zero-order valence-electron chi connectivity index (χ0n) is 11.4. The molecular weight excluding hydrogens is 291 g/mol. The lowest BCUT2D eigenvalue weighted by molar-refractivity contribution is -0.138. The highest BCUT2D eigenvalue weighted by molar-refractivity contribution is 6.17. The van der Waals surface area contributed by atoms with E-state index in [1.165, 1.54) is 12.1 Å². The highest BCUT2D eigenvalue weighted by Crippen LogP contribution is 2.35. The standard InChI is InChI=1S/C14H17ClF3NO/c1-9-7-19(8-10(2)20-9)12-4-3-11(6-15)13(5-12)14(16,17)18/h3-5,9-10H,6-8H2,1-2H3. The number of hydrogen-bond donors (Lipinski definition) is 0. The van der Waals surface area contributed by atoms with Crippen LogP contribution in [0.15, 0.2) is 18.2 Å². The summed E-state index contributed by atoms with van der Waals surface area (Å²) in [5, 5.41) is 0. The van der Waals surface area contributed by atoms with Crippen molar-refractivity contribution in [3.63, 3.8) is 0 Å². The summed E-state index contributed by atoms with van der Waals surface area (Å²) in [6.07, 6.45) is -4.38. The normalized spacial score (nSPS) is 24.0. The summed E-state index contributed by atoms with van der Waals surface area (Å²) in [5.74, 6) is -0.148. The third kappa shape index (κ3) is 3.38. The molecule has 2 nitrogen and oxygen atoms in total. The van der Waals surface area contributed by atoms with Crippen LogP contribution >= 0.6 is 11.6 Å². The number of alkyl halides is 4. The van der Waals surface area contributed by atoms with Crippen molar-refractivity contribution in [1.29, 1.82) is 0 Å². The molecule has 2 atom stereocenters. The largest absolute Gasteiger partial charge is 0.416 e. The third-order valence-corrected chi connectivity index (χ3v) is 3.62. The van der Waals surface area contributed by atoms with E-state index in [-0.39, 0.29) is 23.7 Å². The summed E-state index contributed by atoms with van der Waals surface area (Å²) in [7, 11) is 0. The van der Waals surface area contributed by atoms with Gasteiger partial charge in [-0.05, 0) is 31.5 Å². The van der Waals surface area contributed by atoms with Gasteiger partial charge in [0.15, 0.2) is 0 Å². The molecular formula is C14H17ClF3NO. The molecule has 0 radical (unpaired) electrons. The molecule has 0 amide bonds. The number of ether oxygens (including phenoxy) is 1. The molecule has 0 N–H and O–H groups in total. The maximum absolute atomic E-state index is 13.0. The summed E-state index contributed by atoms with van der Waals surface area (Å²) in [6.45, 7) is 5.00. The van der Waals surface area contributed by atoms with Gasteiger partial charge in [0.05, 0.1) is 17.8 Å². The van der Waals surface area contributed by atoms with Gasteiger partial charge in [-0.15, -0.1) is 11.6 Å². The minimum atomic E-state index is -4.39. The Morgan fingerprint density at radius 3 is 2.35 bits per heavy atom. The summed E-state index contributed by atoms with van der Waals surface area (Å²) >= 11 is 5.59. The van der Waals surface area contributed by atoms with Gasteiger partial charge in [0, 0.05) is 24.7 Å². The average Bonchev–Trinajstić information content (AvgIpc) is 2.35. The topological polar surface area (TPSA) is 12.5 Å². The molecule has 0 bridgehead atoms. The third-order valence-electron chi connectivity index (χ3n) is 3.33. The Morgan fingerprint density at radius 2 is 1.85 bits per heavy atom. The van der Waals surface area contributed by atoms with Crippen LogP contribution in [-0.2, 0) is 16.8 Å². The fourth-order valence-electron chi connectivity index (χ4n) is 2.53. The van der Waals surface area contributed by atoms with Crippen LogP contribution in [0.5, 0.6) is 0 Å². The molecule has 1 aliphatic heterocycles.